The molecule has 0 unspecified atom stereocenters. The van der Waals surface area contributed by atoms with Crippen molar-refractivity contribution >= 4 is 23.2 Å². The van der Waals surface area contributed by atoms with Crippen molar-refractivity contribution in [2.75, 3.05) is 0 Å². The fraction of sp³-hybridized carbons (Fsp3) is 0.0833. The third-order valence-corrected chi connectivity index (χ3v) is 2.53. The van der Waals surface area contributed by atoms with E-state index in [2.05, 4.69) is 24.0 Å². The van der Waals surface area contributed by atoms with Crippen molar-refractivity contribution in [1.82, 2.24) is 4.98 Å². The first-order valence-electron chi connectivity index (χ1n) is 4.55. The molecule has 0 atom stereocenters. The Labute approximate surface area is 98.7 Å². The van der Waals surface area contributed by atoms with Gasteiger partial charge in [0.15, 0.2) is 0 Å². The molecule has 0 aliphatic rings. The van der Waals surface area contributed by atoms with Crippen molar-refractivity contribution < 1.29 is 0 Å². The summed E-state index contributed by atoms with van der Waals surface area (Å²) in [7, 11) is 0. The van der Waals surface area contributed by atoms with Gasteiger partial charge in [-0.25, -0.2) is 4.98 Å². The molecule has 1 nitrogen and oxygen atoms in total. The van der Waals surface area contributed by atoms with E-state index in [1.165, 1.54) is 5.56 Å². The van der Waals surface area contributed by atoms with Crippen LogP contribution in [0.5, 0.6) is 0 Å². The highest BCUT2D eigenvalue weighted by Gasteiger charge is 2.01. The molecule has 0 saturated carbocycles. The second-order valence-electron chi connectivity index (χ2n) is 3.37. The maximum atomic E-state index is 5.84. The first-order valence-corrected chi connectivity index (χ1v) is 5.31. The van der Waals surface area contributed by atoms with Crippen LogP contribution in [0.15, 0.2) is 36.4 Å². The van der Waals surface area contributed by atoms with Gasteiger partial charge in [0, 0.05) is 0 Å². The highest BCUT2D eigenvalue weighted by atomic mass is 35.5. The SMILES string of the molecule is Cc1ccc(-c2cc(Cl)nc(Cl)c2)cc1. The van der Waals surface area contributed by atoms with Crippen molar-refractivity contribution in [3.05, 3.63) is 52.3 Å². The maximum absolute atomic E-state index is 5.84. The predicted octanol–water partition coefficient (Wildman–Crippen LogP) is 4.36. The van der Waals surface area contributed by atoms with Crippen molar-refractivity contribution in [3.63, 3.8) is 0 Å². The number of nitrogens with zero attached hydrogens (tertiary/aromatic N) is 1. The van der Waals surface area contributed by atoms with E-state index in [9.17, 15) is 0 Å². The molecule has 3 heteroatoms. The Kier molecular flexibility index (Phi) is 2.94. The predicted molar refractivity (Wildman–Crippen MR) is 64.4 cm³/mol. The lowest BCUT2D eigenvalue weighted by atomic mass is 10.1. The van der Waals surface area contributed by atoms with E-state index >= 15 is 0 Å². The smallest absolute Gasteiger partial charge is 0.131 e. The van der Waals surface area contributed by atoms with Gasteiger partial charge in [-0.1, -0.05) is 53.0 Å². The monoisotopic (exact) mass is 237 g/mol. The summed E-state index contributed by atoms with van der Waals surface area (Å²) in [5.41, 5.74) is 3.30. The summed E-state index contributed by atoms with van der Waals surface area (Å²) >= 11 is 11.7. The Morgan fingerprint density at radius 2 is 1.40 bits per heavy atom. The number of benzene rings is 1. The Bertz CT molecular complexity index is 457. The van der Waals surface area contributed by atoms with Crippen LogP contribution >= 0.6 is 23.2 Å². The highest BCUT2D eigenvalue weighted by Crippen LogP contribution is 2.24. The van der Waals surface area contributed by atoms with Crippen LogP contribution in [0.2, 0.25) is 10.3 Å². The third-order valence-electron chi connectivity index (χ3n) is 2.15. The zero-order valence-electron chi connectivity index (χ0n) is 8.17. The van der Waals surface area contributed by atoms with Crippen molar-refractivity contribution in [2.24, 2.45) is 0 Å². The summed E-state index contributed by atoms with van der Waals surface area (Å²) in [5, 5.41) is 0.830. The zero-order chi connectivity index (χ0) is 10.8. The molecule has 0 spiro atoms. The van der Waals surface area contributed by atoms with Crippen LogP contribution in [-0.4, -0.2) is 4.98 Å². The van der Waals surface area contributed by atoms with E-state index in [4.69, 9.17) is 23.2 Å². The number of hydrogen-bond donors (Lipinski definition) is 0. The molecule has 0 fully saturated rings. The number of rotatable bonds is 1. The molecule has 0 radical (unpaired) electrons. The molecule has 1 aromatic heterocycles. The van der Waals surface area contributed by atoms with Crippen LogP contribution in [0.4, 0.5) is 0 Å². The molecule has 0 aliphatic heterocycles. The molecule has 0 saturated heterocycles. The van der Waals surface area contributed by atoms with E-state index < -0.39 is 0 Å². The molecule has 0 aliphatic carbocycles. The fourth-order valence-corrected chi connectivity index (χ4v) is 1.84. The number of aryl methyl sites for hydroxylation is 1. The maximum Gasteiger partial charge on any atom is 0.131 e. The van der Waals surface area contributed by atoms with Gasteiger partial charge in [-0.15, -0.1) is 0 Å². The third kappa shape index (κ3) is 2.49. The summed E-state index contributed by atoms with van der Waals surface area (Å²) in [6, 6.07) is 11.8. The average molecular weight is 238 g/mol. The van der Waals surface area contributed by atoms with E-state index in [1.54, 1.807) is 12.1 Å². The van der Waals surface area contributed by atoms with E-state index in [1.807, 2.05) is 12.1 Å². The quantitative estimate of drug-likeness (QED) is 0.672. The molecular formula is C12H9Cl2N. The molecule has 2 aromatic rings. The van der Waals surface area contributed by atoms with Gasteiger partial charge in [0.2, 0.25) is 0 Å². The number of halogens is 2. The summed E-state index contributed by atoms with van der Waals surface area (Å²) in [5.74, 6) is 0. The van der Waals surface area contributed by atoms with Crippen molar-refractivity contribution in [2.45, 2.75) is 6.92 Å². The minimum atomic E-state index is 0.415. The standard InChI is InChI=1S/C12H9Cl2N/c1-8-2-4-9(5-3-8)10-6-11(13)15-12(14)7-10/h2-7H,1H3. The minimum absolute atomic E-state index is 0.415. The van der Waals surface area contributed by atoms with Gasteiger partial charge in [0.1, 0.15) is 10.3 Å². The van der Waals surface area contributed by atoms with Crippen LogP contribution in [0.25, 0.3) is 11.1 Å². The average Bonchev–Trinajstić information content (AvgIpc) is 2.17. The van der Waals surface area contributed by atoms with Crippen LogP contribution in [0, 0.1) is 6.92 Å². The van der Waals surface area contributed by atoms with Crippen molar-refractivity contribution in [1.29, 1.82) is 0 Å². The molecule has 0 bridgehead atoms. The largest absolute Gasteiger partial charge is 0.224 e. The molecule has 1 heterocycles. The van der Waals surface area contributed by atoms with Crippen LogP contribution in [-0.2, 0) is 0 Å². The van der Waals surface area contributed by atoms with Crippen LogP contribution in [0.1, 0.15) is 5.56 Å². The fourth-order valence-electron chi connectivity index (χ4n) is 1.38. The van der Waals surface area contributed by atoms with Gasteiger partial charge in [-0.3, -0.25) is 0 Å². The van der Waals surface area contributed by atoms with Gasteiger partial charge in [-0.05, 0) is 30.2 Å². The molecule has 15 heavy (non-hydrogen) atoms. The molecule has 1 aromatic carbocycles. The molecule has 76 valence electrons. The molecule has 2 rings (SSSR count). The molecular weight excluding hydrogens is 229 g/mol. The second-order valence-corrected chi connectivity index (χ2v) is 4.14. The minimum Gasteiger partial charge on any atom is -0.224 e. The van der Waals surface area contributed by atoms with Gasteiger partial charge < -0.3 is 0 Å². The lowest BCUT2D eigenvalue weighted by molar-refractivity contribution is 1.33. The number of pyridine rings is 1. The van der Waals surface area contributed by atoms with E-state index in [-0.39, 0.29) is 0 Å². The topological polar surface area (TPSA) is 12.9 Å². The Morgan fingerprint density at radius 1 is 0.867 bits per heavy atom. The molecule has 0 N–H and O–H groups in total. The first-order chi connectivity index (χ1) is 7.15. The Morgan fingerprint density at radius 3 is 1.93 bits per heavy atom. The second kappa shape index (κ2) is 4.21. The van der Waals surface area contributed by atoms with E-state index in [0.29, 0.717) is 10.3 Å². The summed E-state index contributed by atoms with van der Waals surface area (Å²) in [6.07, 6.45) is 0. The normalized spacial score (nSPS) is 10.3. The van der Waals surface area contributed by atoms with Crippen LogP contribution in [0.3, 0.4) is 0 Å². The van der Waals surface area contributed by atoms with Gasteiger partial charge in [-0.2, -0.15) is 0 Å². The first kappa shape index (κ1) is 10.5. The van der Waals surface area contributed by atoms with Gasteiger partial charge >= 0.3 is 0 Å². The Hall–Kier alpha value is -1.05. The Balaban J connectivity index is 2.49. The van der Waals surface area contributed by atoms with Crippen molar-refractivity contribution in [3.8, 4) is 11.1 Å². The van der Waals surface area contributed by atoms with E-state index in [0.717, 1.165) is 11.1 Å². The van der Waals surface area contributed by atoms with Gasteiger partial charge in [0.05, 0.1) is 0 Å². The number of aromatic nitrogens is 1. The number of hydrogen-bond acceptors (Lipinski definition) is 1. The summed E-state index contributed by atoms with van der Waals surface area (Å²) < 4.78 is 0. The highest BCUT2D eigenvalue weighted by molar-refractivity contribution is 6.32. The lowest BCUT2D eigenvalue weighted by Gasteiger charge is -2.03. The molecule has 0 amide bonds. The summed E-state index contributed by atoms with van der Waals surface area (Å²) in [6.45, 7) is 2.05. The summed E-state index contributed by atoms with van der Waals surface area (Å²) in [4.78, 5) is 3.91. The zero-order valence-corrected chi connectivity index (χ0v) is 9.68. The van der Waals surface area contributed by atoms with Crippen LogP contribution < -0.4 is 0 Å². The lowest BCUT2D eigenvalue weighted by Crippen LogP contribution is -1.82. The van der Waals surface area contributed by atoms with Gasteiger partial charge in [0.25, 0.3) is 0 Å².